The van der Waals surface area contributed by atoms with Gasteiger partial charge < -0.3 is 4.74 Å². The van der Waals surface area contributed by atoms with Gasteiger partial charge >= 0.3 is 0 Å². The van der Waals surface area contributed by atoms with Gasteiger partial charge in [-0.25, -0.2) is 8.42 Å². The molecule has 0 N–H and O–H groups in total. The lowest BCUT2D eigenvalue weighted by Gasteiger charge is -2.07. The van der Waals surface area contributed by atoms with Crippen LogP contribution < -0.4 is 0 Å². The molecule has 0 aromatic heterocycles. The lowest BCUT2D eigenvalue weighted by Crippen LogP contribution is -2.17. The van der Waals surface area contributed by atoms with Crippen molar-refractivity contribution in [2.45, 2.75) is 33.3 Å². The molecule has 0 fully saturated rings. The molecule has 0 bridgehead atoms. The van der Waals surface area contributed by atoms with Crippen LogP contribution in [0.5, 0.6) is 0 Å². The second-order valence-corrected chi connectivity index (χ2v) is 5.38. The van der Waals surface area contributed by atoms with Crippen LogP contribution in [0.25, 0.3) is 0 Å². The van der Waals surface area contributed by atoms with E-state index in [0.717, 1.165) is 0 Å². The third-order valence-corrected chi connectivity index (χ3v) is 3.18. The van der Waals surface area contributed by atoms with Gasteiger partial charge in [0.2, 0.25) is 0 Å². The van der Waals surface area contributed by atoms with Crippen molar-refractivity contribution in [3.63, 3.8) is 0 Å². The Labute approximate surface area is 75.0 Å². The third-order valence-electron chi connectivity index (χ3n) is 1.36. The zero-order chi connectivity index (χ0) is 9.61. The molecule has 0 aliphatic carbocycles. The fourth-order valence-corrected chi connectivity index (χ4v) is 2.00. The first kappa shape index (κ1) is 11.9. The summed E-state index contributed by atoms with van der Waals surface area (Å²) in [6, 6.07) is 0. The third kappa shape index (κ3) is 6.61. The quantitative estimate of drug-likeness (QED) is 0.639. The first-order valence-corrected chi connectivity index (χ1v) is 6.12. The molecule has 0 unspecified atom stereocenters. The second-order valence-electron chi connectivity index (χ2n) is 3.07. The Hall–Kier alpha value is -0.0900. The summed E-state index contributed by atoms with van der Waals surface area (Å²) in [6.07, 6.45) is 0.797. The summed E-state index contributed by atoms with van der Waals surface area (Å²) < 4.78 is 27.4. The van der Waals surface area contributed by atoms with Crippen molar-refractivity contribution >= 4 is 9.84 Å². The van der Waals surface area contributed by atoms with Crippen LogP contribution in [0.4, 0.5) is 0 Å². The van der Waals surface area contributed by atoms with Crippen molar-refractivity contribution in [2.24, 2.45) is 0 Å². The van der Waals surface area contributed by atoms with Gasteiger partial charge in [-0.05, 0) is 20.3 Å². The highest BCUT2D eigenvalue weighted by Crippen LogP contribution is 1.95. The molecule has 0 aromatic carbocycles. The van der Waals surface area contributed by atoms with Crippen molar-refractivity contribution < 1.29 is 13.2 Å². The van der Waals surface area contributed by atoms with E-state index in [-0.39, 0.29) is 17.6 Å². The average Bonchev–Trinajstić information content (AvgIpc) is 1.85. The Balaban J connectivity index is 3.62. The van der Waals surface area contributed by atoms with Crippen LogP contribution in [0.1, 0.15) is 27.2 Å². The smallest absolute Gasteiger partial charge is 0.152 e. The molecule has 0 amide bonds. The molecule has 0 atom stereocenters. The van der Waals surface area contributed by atoms with E-state index in [9.17, 15) is 8.42 Å². The molecule has 0 spiro atoms. The van der Waals surface area contributed by atoms with E-state index in [0.29, 0.717) is 13.0 Å². The van der Waals surface area contributed by atoms with Gasteiger partial charge in [-0.2, -0.15) is 0 Å². The first-order valence-electron chi connectivity index (χ1n) is 4.30. The topological polar surface area (TPSA) is 43.4 Å². The predicted octanol–water partition coefficient (Wildman–Crippen LogP) is 1.24. The molecule has 0 heterocycles. The van der Waals surface area contributed by atoms with Crippen LogP contribution in [0.15, 0.2) is 0 Å². The van der Waals surface area contributed by atoms with Crippen LogP contribution in [0, 0.1) is 0 Å². The monoisotopic (exact) mass is 194 g/mol. The Morgan fingerprint density at radius 3 is 2.25 bits per heavy atom. The van der Waals surface area contributed by atoms with Crippen molar-refractivity contribution in [2.75, 3.05) is 18.1 Å². The molecule has 0 saturated carbocycles. The minimum absolute atomic E-state index is 0.113. The number of sulfone groups is 1. The molecule has 0 aliphatic heterocycles. The summed E-state index contributed by atoms with van der Waals surface area (Å²) >= 11 is 0. The normalized spacial score (nSPS) is 12.3. The van der Waals surface area contributed by atoms with Gasteiger partial charge in [0.25, 0.3) is 0 Å². The van der Waals surface area contributed by atoms with E-state index in [1.165, 1.54) is 0 Å². The molecule has 0 radical (unpaired) electrons. The Morgan fingerprint density at radius 2 is 1.83 bits per heavy atom. The molecule has 74 valence electrons. The highest BCUT2D eigenvalue weighted by atomic mass is 32.2. The lowest BCUT2D eigenvalue weighted by molar-refractivity contribution is 0.0912. The standard InChI is InChI=1S/C8H18O3S/c1-4-6-12(9,10)7-5-11-8(2)3/h8H,4-7H2,1-3H3. The van der Waals surface area contributed by atoms with Crippen LogP contribution in [0.2, 0.25) is 0 Å². The number of rotatable bonds is 6. The lowest BCUT2D eigenvalue weighted by atomic mass is 10.5. The summed E-state index contributed by atoms with van der Waals surface area (Å²) in [7, 11) is -2.85. The van der Waals surface area contributed by atoms with Crippen molar-refractivity contribution in [1.82, 2.24) is 0 Å². The number of hydrogen-bond donors (Lipinski definition) is 0. The van der Waals surface area contributed by atoms with Gasteiger partial charge in [-0.1, -0.05) is 6.92 Å². The van der Waals surface area contributed by atoms with E-state index in [2.05, 4.69) is 0 Å². The minimum Gasteiger partial charge on any atom is -0.378 e. The first-order chi connectivity index (χ1) is 5.48. The van der Waals surface area contributed by atoms with E-state index in [1.807, 2.05) is 20.8 Å². The highest BCUT2D eigenvalue weighted by molar-refractivity contribution is 7.91. The Kier molecular flexibility index (Phi) is 5.50. The van der Waals surface area contributed by atoms with Crippen LogP contribution in [-0.4, -0.2) is 32.6 Å². The largest absolute Gasteiger partial charge is 0.378 e. The SMILES string of the molecule is CCCS(=O)(=O)CCOC(C)C. The van der Waals surface area contributed by atoms with E-state index in [4.69, 9.17) is 4.74 Å². The van der Waals surface area contributed by atoms with Gasteiger partial charge in [0.15, 0.2) is 9.84 Å². The molecule has 0 aromatic rings. The van der Waals surface area contributed by atoms with Gasteiger partial charge in [0.05, 0.1) is 18.5 Å². The maximum absolute atomic E-state index is 11.1. The van der Waals surface area contributed by atoms with Gasteiger partial charge in [-0.15, -0.1) is 0 Å². The Morgan fingerprint density at radius 1 is 1.25 bits per heavy atom. The minimum atomic E-state index is -2.85. The average molecular weight is 194 g/mol. The molecule has 3 nitrogen and oxygen atoms in total. The summed E-state index contributed by atoms with van der Waals surface area (Å²) in [5, 5.41) is 0. The Bertz CT molecular complexity index is 194. The van der Waals surface area contributed by atoms with Crippen LogP contribution in [-0.2, 0) is 14.6 Å². The van der Waals surface area contributed by atoms with Crippen molar-refractivity contribution in [3.8, 4) is 0 Å². The molecular weight excluding hydrogens is 176 g/mol. The number of hydrogen-bond acceptors (Lipinski definition) is 3. The highest BCUT2D eigenvalue weighted by Gasteiger charge is 2.08. The van der Waals surface area contributed by atoms with Crippen LogP contribution >= 0.6 is 0 Å². The predicted molar refractivity (Wildman–Crippen MR) is 50.0 cm³/mol. The van der Waals surface area contributed by atoms with Gasteiger partial charge in [0.1, 0.15) is 0 Å². The van der Waals surface area contributed by atoms with E-state index >= 15 is 0 Å². The zero-order valence-corrected chi connectivity index (χ0v) is 8.86. The fourth-order valence-electron chi connectivity index (χ4n) is 0.824. The fraction of sp³-hybridized carbons (Fsp3) is 1.00. The molecule has 0 aliphatic rings. The molecule has 4 heteroatoms. The van der Waals surface area contributed by atoms with Crippen LogP contribution in [0.3, 0.4) is 0 Å². The molecule has 12 heavy (non-hydrogen) atoms. The van der Waals surface area contributed by atoms with Gasteiger partial charge in [0, 0.05) is 5.75 Å². The molecular formula is C8H18O3S. The number of ether oxygens (including phenoxy) is 1. The molecule has 0 rings (SSSR count). The maximum atomic E-state index is 11.1. The van der Waals surface area contributed by atoms with Gasteiger partial charge in [-0.3, -0.25) is 0 Å². The maximum Gasteiger partial charge on any atom is 0.152 e. The molecule has 0 saturated heterocycles. The summed E-state index contributed by atoms with van der Waals surface area (Å²) in [5.74, 6) is 0.424. The summed E-state index contributed by atoms with van der Waals surface area (Å²) in [4.78, 5) is 0. The van der Waals surface area contributed by atoms with E-state index in [1.54, 1.807) is 0 Å². The van der Waals surface area contributed by atoms with E-state index < -0.39 is 9.84 Å². The summed E-state index contributed by atoms with van der Waals surface area (Å²) in [5.41, 5.74) is 0. The van der Waals surface area contributed by atoms with Crippen molar-refractivity contribution in [1.29, 1.82) is 0 Å². The zero-order valence-electron chi connectivity index (χ0n) is 8.04. The second kappa shape index (κ2) is 5.54. The summed E-state index contributed by atoms with van der Waals surface area (Å²) in [6.45, 7) is 5.97. The van der Waals surface area contributed by atoms with Crippen molar-refractivity contribution in [3.05, 3.63) is 0 Å².